The molecule has 2 saturated heterocycles. The highest BCUT2D eigenvalue weighted by molar-refractivity contribution is 5.08. The first-order chi connectivity index (χ1) is 5.11. The van der Waals surface area contributed by atoms with Crippen molar-refractivity contribution in [1.82, 2.24) is 4.90 Å². The minimum Gasteiger partial charge on any atom is -0.388 e. The molecule has 0 spiro atoms. The van der Waals surface area contributed by atoms with Crippen molar-refractivity contribution in [2.24, 2.45) is 0 Å². The lowest BCUT2D eigenvalue weighted by molar-refractivity contribution is 0.110. The Balaban J connectivity index is 0.000000179. The number of ether oxygens (including phenoxy) is 1. The van der Waals surface area contributed by atoms with E-state index in [2.05, 4.69) is 9.64 Å². The first kappa shape index (κ1) is 8.94. The normalized spacial score (nSPS) is 40.9. The van der Waals surface area contributed by atoms with Crippen LogP contribution in [0.15, 0.2) is 0 Å². The summed E-state index contributed by atoms with van der Waals surface area (Å²) in [5, 5.41) is 0. The SMILES string of the molecule is CN1CC2(F)CC1C2.COC. The van der Waals surface area contributed by atoms with E-state index in [1.165, 1.54) is 0 Å². The van der Waals surface area contributed by atoms with Crippen LogP contribution in [0.2, 0.25) is 0 Å². The highest BCUT2D eigenvalue weighted by atomic mass is 19.1. The molecule has 3 aliphatic rings. The molecule has 3 fully saturated rings. The standard InChI is InChI=1S/C6H10FN.C2H6O/c1-8-4-6(7)2-5(8)3-6;1-3-2/h5H,2-4H2,1H3;1-2H3. The molecular weight excluding hydrogens is 145 g/mol. The van der Waals surface area contributed by atoms with Crippen LogP contribution in [-0.2, 0) is 4.74 Å². The van der Waals surface area contributed by atoms with Gasteiger partial charge in [-0.3, -0.25) is 0 Å². The van der Waals surface area contributed by atoms with E-state index >= 15 is 0 Å². The van der Waals surface area contributed by atoms with Gasteiger partial charge in [0, 0.05) is 26.8 Å². The van der Waals surface area contributed by atoms with Crippen molar-refractivity contribution in [3.8, 4) is 0 Å². The van der Waals surface area contributed by atoms with Crippen LogP contribution in [0.3, 0.4) is 0 Å². The van der Waals surface area contributed by atoms with Crippen LogP contribution < -0.4 is 0 Å². The van der Waals surface area contributed by atoms with Gasteiger partial charge < -0.3 is 9.64 Å². The zero-order valence-corrected chi connectivity index (χ0v) is 7.43. The van der Waals surface area contributed by atoms with E-state index in [9.17, 15) is 4.39 Å². The molecule has 2 bridgehead atoms. The lowest BCUT2D eigenvalue weighted by Gasteiger charge is -2.29. The van der Waals surface area contributed by atoms with Gasteiger partial charge in [-0.1, -0.05) is 0 Å². The summed E-state index contributed by atoms with van der Waals surface area (Å²) in [5.74, 6) is 0. The van der Waals surface area contributed by atoms with E-state index in [0.717, 1.165) is 12.8 Å². The van der Waals surface area contributed by atoms with E-state index in [1.54, 1.807) is 14.2 Å². The summed E-state index contributed by atoms with van der Waals surface area (Å²) in [6, 6.07) is 0.583. The molecule has 0 amide bonds. The topological polar surface area (TPSA) is 12.5 Å². The molecule has 3 heteroatoms. The van der Waals surface area contributed by atoms with E-state index in [0.29, 0.717) is 12.6 Å². The number of alkyl halides is 1. The Morgan fingerprint density at radius 1 is 1.45 bits per heavy atom. The van der Waals surface area contributed by atoms with Crippen LogP contribution in [0.5, 0.6) is 0 Å². The Bertz CT molecular complexity index is 134. The lowest BCUT2D eigenvalue weighted by atomic mass is 9.83. The molecule has 2 aliphatic heterocycles. The van der Waals surface area contributed by atoms with Crippen molar-refractivity contribution in [2.75, 3.05) is 27.8 Å². The Kier molecular flexibility index (Phi) is 2.50. The first-order valence-corrected chi connectivity index (χ1v) is 3.90. The summed E-state index contributed by atoms with van der Waals surface area (Å²) < 4.78 is 17.1. The molecule has 2 heterocycles. The van der Waals surface area contributed by atoms with Crippen molar-refractivity contribution >= 4 is 0 Å². The van der Waals surface area contributed by atoms with Crippen molar-refractivity contribution < 1.29 is 9.13 Å². The molecule has 0 aromatic rings. The number of hydrogen-bond donors (Lipinski definition) is 0. The Labute approximate surface area is 67.3 Å². The second-order valence-corrected chi connectivity index (χ2v) is 3.54. The number of rotatable bonds is 0. The van der Waals surface area contributed by atoms with Gasteiger partial charge in [-0.25, -0.2) is 4.39 Å². The number of fused-ring (bicyclic) bond motifs is 1. The number of halogens is 1. The zero-order valence-electron chi connectivity index (χ0n) is 7.43. The summed E-state index contributed by atoms with van der Waals surface area (Å²) in [7, 11) is 5.25. The molecule has 0 unspecified atom stereocenters. The van der Waals surface area contributed by atoms with Crippen molar-refractivity contribution in [3.63, 3.8) is 0 Å². The van der Waals surface area contributed by atoms with Crippen LogP contribution in [0.4, 0.5) is 4.39 Å². The fourth-order valence-corrected chi connectivity index (χ4v) is 1.80. The number of nitrogens with zero attached hydrogens (tertiary/aromatic N) is 1. The molecule has 1 saturated carbocycles. The van der Waals surface area contributed by atoms with Gasteiger partial charge in [0.15, 0.2) is 0 Å². The molecule has 2 nitrogen and oxygen atoms in total. The van der Waals surface area contributed by atoms with Gasteiger partial charge in [-0.05, 0) is 19.9 Å². The summed E-state index contributed by atoms with van der Waals surface area (Å²) in [4.78, 5) is 2.11. The van der Waals surface area contributed by atoms with Crippen LogP contribution in [-0.4, -0.2) is 44.4 Å². The highest BCUT2D eigenvalue weighted by Gasteiger charge is 2.54. The molecule has 0 aromatic heterocycles. The molecule has 0 atom stereocenters. The van der Waals surface area contributed by atoms with Gasteiger partial charge in [0.25, 0.3) is 0 Å². The largest absolute Gasteiger partial charge is 0.388 e. The maximum atomic E-state index is 12.9. The predicted octanol–water partition coefficient (Wildman–Crippen LogP) is 1.07. The Morgan fingerprint density at radius 3 is 2.00 bits per heavy atom. The third kappa shape index (κ3) is 1.71. The molecule has 11 heavy (non-hydrogen) atoms. The van der Waals surface area contributed by atoms with Crippen LogP contribution in [0, 0.1) is 0 Å². The first-order valence-electron chi connectivity index (χ1n) is 3.90. The van der Waals surface area contributed by atoms with E-state index in [-0.39, 0.29) is 0 Å². The minimum absolute atomic E-state index is 0.583. The average molecular weight is 161 g/mol. The van der Waals surface area contributed by atoms with Gasteiger partial charge in [0.1, 0.15) is 5.67 Å². The van der Waals surface area contributed by atoms with Crippen LogP contribution in [0.25, 0.3) is 0 Å². The molecule has 1 aliphatic carbocycles. The van der Waals surface area contributed by atoms with Gasteiger partial charge in [-0.15, -0.1) is 0 Å². The second kappa shape index (κ2) is 3.07. The number of methoxy groups -OCH3 is 1. The van der Waals surface area contributed by atoms with Crippen LogP contribution in [0.1, 0.15) is 12.8 Å². The minimum atomic E-state index is -0.764. The van der Waals surface area contributed by atoms with Gasteiger partial charge in [-0.2, -0.15) is 0 Å². The number of hydrogen-bond acceptors (Lipinski definition) is 2. The third-order valence-electron chi connectivity index (χ3n) is 2.36. The van der Waals surface area contributed by atoms with Crippen molar-refractivity contribution in [2.45, 2.75) is 24.6 Å². The fourth-order valence-electron chi connectivity index (χ4n) is 1.80. The molecule has 3 rings (SSSR count). The Hall–Kier alpha value is -0.150. The zero-order chi connectivity index (χ0) is 8.48. The van der Waals surface area contributed by atoms with Gasteiger partial charge in [0.2, 0.25) is 0 Å². The quantitative estimate of drug-likeness (QED) is 0.527. The lowest BCUT2D eigenvalue weighted by Crippen LogP contribution is -2.35. The van der Waals surface area contributed by atoms with Gasteiger partial charge >= 0.3 is 0 Å². The van der Waals surface area contributed by atoms with Crippen molar-refractivity contribution in [3.05, 3.63) is 0 Å². The molecule has 0 aromatic carbocycles. The molecular formula is C8H16FNO. The maximum absolute atomic E-state index is 12.9. The third-order valence-corrected chi connectivity index (χ3v) is 2.36. The van der Waals surface area contributed by atoms with E-state index in [1.807, 2.05) is 7.05 Å². The van der Waals surface area contributed by atoms with Crippen molar-refractivity contribution in [1.29, 1.82) is 0 Å². The fraction of sp³-hybridized carbons (Fsp3) is 1.00. The van der Waals surface area contributed by atoms with E-state index in [4.69, 9.17) is 0 Å². The summed E-state index contributed by atoms with van der Waals surface area (Å²) >= 11 is 0. The molecule has 0 radical (unpaired) electrons. The smallest absolute Gasteiger partial charge is 0.126 e. The summed E-state index contributed by atoms with van der Waals surface area (Å²) in [5.41, 5.74) is -0.764. The van der Waals surface area contributed by atoms with Gasteiger partial charge in [0.05, 0.1) is 0 Å². The summed E-state index contributed by atoms with van der Waals surface area (Å²) in [6.07, 6.45) is 1.59. The molecule has 66 valence electrons. The average Bonchev–Trinajstić information content (AvgIpc) is 2.20. The predicted molar refractivity (Wildman–Crippen MR) is 42.4 cm³/mol. The highest BCUT2D eigenvalue weighted by Crippen LogP contribution is 2.46. The van der Waals surface area contributed by atoms with Crippen LogP contribution >= 0.6 is 0 Å². The monoisotopic (exact) mass is 161 g/mol. The second-order valence-electron chi connectivity index (χ2n) is 3.54. The Morgan fingerprint density at radius 2 is 1.91 bits per heavy atom. The summed E-state index contributed by atoms with van der Waals surface area (Å²) in [6.45, 7) is 0.678. The van der Waals surface area contributed by atoms with E-state index < -0.39 is 5.67 Å². The maximum Gasteiger partial charge on any atom is 0.126 e. The molecule has 0 N–H and O–H groups in total.